The third-order valence-corrected chi connectivity index (χ3v) is 4.39. The Morgan fingerprint density at radius 2 is 1.71 bits per heavy atom. The minimum atomic E-state index is -0.554. The first-order valence-electron chi connectivity index (χ1n) is 8.84. The SMILES string of the molecule is CC(=O)Nc1ccc2c(COC(=O)c3c(C)cc(C)cc3C)cc(=O)oc2c1. The zero-order valence-electron chi connectivity index (χ0n) is 16.2. The van der Waals surface area contributed by atoms with Gasteiger partial charge in [0, 0.05) is 35.7 Å². The van der Waals surface area contributed by atoms with Crippen molar-refractivity contribution in [2.75, 3.05) is 5.32 Å². The monoisotopic (exact) mass is 379 g/mol. The molecule has 1 amide bonds. The number of ether oxygens (including phenoxy) is 1. The maximum atomic E-state index is 12.6. The van der Waals surface area contributed by atoms with Gasteiger partial charge in [-0.25, -0.2) is 9.59 Å². The minimum Gasteiger partial charge on any atom is -0.457 e. The van der Waals surface area contributed by atoms with Crippen LogP contribution >= 0.6 is 0 Å². The summed E-state index contributed by atoms with van der Waals surface area (Å²) >= 11 is 0. The van der Waals surface area contributed by atoms with E-state index in [0.29, 0.717) is 27.8 Å². The number of benzene rings is 2. The van der Waals surface area contributed by atoms with Crippen molar-refractivity contribution in [3.05, 3.63) is 74.6 Å². The van der Waals surface area contributed by atoms with Crippen LogP contribution in [0.2, 0.25) is 0 Å². The second-order valence-electron chi connectivity index (χ2n) is 6.83. The molecule has 144 valence electrons. The molecule has 28 heavy (non-hydrogen) atoms. The minimum absolute atomic E-state index is 0.0623. The number of fused-ring (bicyclic) bond motifs is 1. The zero-order valence-corrected chi connectivity index (χ0v) is 16.2. The molecular formula is C22H21NO5. The van der Waals surface area contributed by atoms with Gasteiger partial charge in [-0.15, -0.1) is 0 Å². The molecule has 0 unspecified atom stereocenters. The van der Waals surface area contributed by atoms with Crippen LogP contribution in [0, 0.1) is 20.8 Å². The molecule has 3 rings (SSSR count). The van der Waals surface area contributed by atoms with Crippen LogP contribution in [-0.2, 0) is 16.1 Å². The Morgan fingerprint density at radius 3 is 2.36 bits per heavy atom. The highest BCUT2D eigenvalue weighted by atomic mass is 16.5. The molecule has 0 fully saturated rings. The van der Waals surface area contributed by atoms with E-state index in [1.807, 2.05) is 32.9 Å². The zero-order chi connectivity index (χ0) is 20.4. The van der Waals surface area contributed by atoms with Crippen molar-refractivity contribution in [3.8, 4) is 0 Å². The van der Waals surface area contributed by atoms with E-state index in [9.17, 15) is 14.4 Å². The first-order chi connectivity index (χ1) is 13.2. The normalized spacial score (nSPS) is 10.7. The van der Waals surface area contributed by atoms with Gasteiger partial charge in [0.2, 0.25) is 5.91 Å². The van der Waals surface area contributed by atoms with Crippen molar-refractivity contribution in [1.82, 2.24) is 0 Å². The molecule has 1 aromatic heterocycles. The second-order valence-corrected chi connectivity index (χ2v) is 6.83. The van der Waals surface area contributed by atoms with Gasteiger partial charge in [0.25, 0.3) is 0 Å². The van der Waals surface area contributed by atoms with E-state index in [-0.39, 0.29) is 12.5 Å². The standard InChI is InChI=1S/C22H21NO5/c1-12-7-13(2)21(14(3)8-12)22(26)27-11-16-9-20(25)28-19-10-17(23-15(4)24)5-6-18(16)19/h5-10H,11H2,1-4H3,(H,23,24). The van der Waals surface area contributed by atoms with Crippen LogP contribution in [0.25, 0.3) is 11.0 Å². The van der Waals surface area contributed by atoms with Crippen LogP contribution < -0.4 is 10.9 Å². The van der Waals surface area contributed by atoms with Gasteiger partial charge in [-0.1, -0.05) is 17.7 Å². The van der Waals surface area contributed by atoms with E-state index in [2.05, 4.69) is 5.32 Å². The maximum Gasteiger partial charge on any atom is 0.339 e. The average Bonchev–Trinajstić information content (AvgIpc) is 2.57. The molecule has 0 aliphatic heterocycles. The fourth-order valence-corrected chi connectivity index (χ4v) is 3.35. The van der Waals surface area contributed by atoms with Gasteiger partial charge in [0.1, 0.15) is 12.2 Å². The Bertz CT molecular complexity index is 1120. The third-order valence-electron chi connectivity index (χ3n) is 4.39. The molecule has 0 saturated heterocycles. The number of nitrogens with one attached hydrogen (secondary N) is 1. The molecule has 1 heterocycles. The summed E-state index contributed by atoms with van der Waals surface area (Å²) in [6.07, 6.45) is 0. The fraction of sp³-hybridized carbons (Fsp3) is 0.227. The highest BCUT2D eigenvalue weighted by Crippen LogP contribution is 2.23. The van der Waals surface area contributed by atoms with Gasteiger partial charge >= 0.3 is 11.6 Å². The number of hydrogen-bond donors (Lipinski definition) is 1. The van der Waals surface area contributed by atoms with Crippen molar-refractivity contribution < 1.29 is 18.7 Å². The van der Waals surface area contributed by atoms with Crippen molar-refractivity contribution in [1.29, 1.82) is 0 Å². The summed E-state index contributed by atoms with van der Waals surface area (Å²) in [5.74, 6) is -0.665. The van der Waals surface area contributed by atoms with Gasteiger partial charge in [-0.05, 0) is 44.0 Å². The predicted octanol–water partition coefficient (Wildman–Crippen LogP) is 4.03. The Balaban J connectivity index is 1.89. The summed E-state index contributed by atoms with van der Waals surface area (Å²) < 4.78 is 10.7. The van der Waals surface area contributed by atoms with Gasteiger partial charge in [0.15, 0.2) is 0 Å². The summed E-state index contributed by atoms with van der Waals surface area (Å²) in [5, 5.41) is 3.28. The Hall–Kier alpha value is -3.41. The smallest absolute Gasteiger partial charge is 0.339 e. The number of aryl methyl sites for hydroxylation is 3. The summed E-state index contributed by atoms with van der Waals surface area (Å²) in [4.78, 5) is 35.7. The van der Waals surface area contributed by atoms with Crippen LogP contribution in [0.4, 0.5) is 5.69 Å². The molecule has 0 radical (unpaired) electrons. The van der Waals surface area contributed by atoms with Gasteiger partial charge < -0.3 is 14.5 Å². The lowest BCUT2D eigenvalue weighted by atomic mass is 10.00. The van der Waals surface area contributed by atoms with E-state index < -0.39 is 11.6 Å². The van der Waals surface area contributed by atoms with E-state index in [1.165, 1.54) is 13.0 Å². The van der Waals surface area contributed by atoms with E-state index >= 15 is 0 Å². The van der Waals surface area contributed by atoms with Gasteiger partial charge in [0.05, 0.1) is 5.56 Å². The lowest BCUT2D eigenvalue weighted by molar-refractivity contribution is -0.114. The molecule has 6 heteroatoms. The molecular weight excluding hydrogens is 358 g/mol. The molecule has 0 saturated carbocycles. The van der Waals surface area contributed by atoms with Crippen molar-refractivity contribution in [2.24, 2.45) is 0 Å². The van der Waals surface area contributed by atoms with Crippen LogP contribution in [-0.4, -0.2) is 11.9 Å². The topological polar surface area (TPSA) is 85.6 Å². The van der Waals surface area contributed by atoms with Gasteiger partial charge in [-0.2, -0.15) is 0 Å². The Kier molecular flexibility index (Phi) is 5.31. The Labute approximate surface area is 162 Å². The predicted molar refractivity (Wildman–Crippen MR) is 107 cm³/mol. The van der Waals surface area contributed by atoms with Crippen LogP contribution in [0.5, 0.6) is 0 Å². The maximum absolute atomic E-state index is 12.6. The lowest BCUT2D eigenvalue weighted by Gasteiger charge is -2.12. The summed E-state index contributed by atoms with van der Waals surface area (Å²) in [6.45, 7) is 7.04. The molecule has 0 aliphatic carbocycles. The van der Waals surface area contributed by atoms with Crippen LogP contribution in [0.1, 0.15) is 39.5 Å². The number of anilines is 1. The number of amides is 1. The van der Waals surface area contributed by atoms with Crippen molar-refractivity contribution in [2.45, 2.75) is 34.3 Å². The molecule has 3 aromatic rings. The number of esters is 1. The first kappa shape index (κ1) is 19.4. The van der Waals surface area contributed by atoms with E-state index in [1.54, 1.807) is 18.2 Å². The van der Waals surface area contributed by atoms with Crippen LogP contribution in [0.15, 0.2) is 45.6 Å². The molecule has 0 aliphatic rings. The third kappa shape index (κ3) is 4.11. The molecule has 0 bridgehead atoms. The highest BCUT2D eigenvalue weighted by molar-refractivity contribution is 5.94. The van der Waals surface area contributed by atoms with Crippen LogP contribution in [0.3, 0.4) is 0 Å². The fourth-order valence-electron chi connectivity index (χ4n) is 3.35. The molecule has 1 N–H and O–H groups in total. The lowest BCUT2D eigenvalue weighted by Crippen LogP contribution is -2.11. The highest BCUT2D eigenvalue weighted by Gasteiger charge is 2.16. The van der Waals surface area contributed by atoms with E-state index in [0.717, 1.165) is 16.7 Å². The quantitative estimate of drug-likeness (QED) is 0.546. The summed E-state index contributed by atoms with van der Waals surface area (Å²) in [5.41, 5.74) is 4.12. The number of hydrogen-bond acceptors (Lipinski definition) is 5. The molecule has 0 atom stereocenters. The largest absolute Gasteiger partial charge is 0.457 e. The average molecular weight is 379 g/mol. The van der Waals surface area contributed by atoms with Crippen molar-refractivity contribution in [3.63, 3.8) is 0 Å². The van der Waals surface area contributed by atoms with Gasteiger partial charge in [-0.3, -0.25) is 4.79 Å². The molecule has 0 spiro atoms. The Morgan fingerprint density at radius 1 is 1.04 bits per heavy atom. The number of carbonyl (C=O) groups excluding carboxylic acids is 2. The first-order valence-corrected chi connectivity index (χ1v) is 8.84. The van der Waals surface area contributed by atoms with E-state index in [4.69, 9.17) is 9.15 Å². The number of carbonyl (C=O) groups is 2. The summed E-state index contributed by atoms with van der Waals surface area (Å²) in [7, 11) is 0. The molecule has 6 nitrogen and oxygen atoms in total. The second kappa shape index (κ2) is 7.68. The summed E-state index contributed by atoms with van der Waals surface area (Å²) in [6, 6.07) is 10.2. The molecule has 2 aromatic carbocycles. The number of rotatable bonds is 4. The van der Waals surface area contributed by atoms with Crippen molar-refractivity contribution >= 4 is 28.5 Å².